The van der Waals surface area contributed by atoms with Gasteiger partial charge in [-0.25, -0.2) is 0 Å². The van der Waals surface area contributed by atoms with E-state index in [1.54, 1.807) is 0 Å². The Labute approximate surface area is 153 Å². The predicted octanol–water partition coefficient (Wildman–Crippen LogP) is 2.15. The van der Waals surface area contributed by atoms with Crippen LogP contribution in [0, 0.1) is 5.92 Å². The molecular weight excluding hydrogens is 310 g/mol. The Bertz CT molecular complexity index is 515. The second kappa shape index (κ2) is 10.4. The molecule has 140 valence electrons. The third-order valence-electron chi connectivity index (χ3n) is 4.72. The molecule has 1 aromatic carbocycles. The minimum atomic E-state index is 0.707. The Morgan fingerprint density at radius 1 is 1.04 bits per heavy atom. The Morgan fingerprint density at radius 2 is 1.68 bits per heavy atom. The van der Waals surface area contributed by atoms with Gasteiger partial charge in [0.1, 0.15) is 0 Å². The molecule has 1 heterocycles. The largest absolute Gasteiger partial charge is 0.356 e. The Morgan fingerprint density at radius 3 is 2.28 bits per heavy atom. The van der Waals surface area contributed by atoms with Crippen LogP contribution in [0.1, 0.15) is 31.4 Å². The molecule has 1 saturated heterocycles. The molecule has 1 aromatic rings. The smallest absolute Gasteiger partial charge is 0.191 e. The van der Waals surface area contributed by atoms with Crippen LogP contribution in [0.3, 0.4) is 0 Å². The molecular formula is C20H35N5. The predicted molar refractivity (Wildman–Crippen MR) is 107 cm³/mol. The van der Waals surface area contributed by atoms with Crippen LogP contribution in [-0.4, -0.2) is 62.6 Å². The second-order valence-electron chi connectivity index (χ2n) is 7.43. The lowest BCUT2D eigenvalue weighted by molar-refractivity contribution is 0.148. The minimum absolute atomic E-state index is 0.707. The second-order valence-corrected chi connectivity index (χ2v) is 7.43. The van der Waals surface area contributed by atoms with Crippen LogP contribution in [0.2, 0.25) is 0 Å². The molecule has 0 aliphatic carbocycles. The molecule has 5 heteroatoms. The summed E-state index contributed by atoms with van der Waals surface area (Å²) < 4.78 is 0. The van der Waals surface area contributed by atoms with Gasteiger partial charge >= 0.3 is 0 Å². The van der Waals surface area contributed by atoms with Crippen molar-refractivity contribution in [1.29, 1.82) is 0 Å². The summed E-state index contributed by atoms with van der Waals surface area (Å²) in [5.74, 6) is 1.58. The van der Waals surface area contributed by atoms with Crippen molar-refractivity contribution in [2.75, 3.05) is 46.8 Å². The molecule has 25 heavy (non-hydrogen) atoms. The number of hydrogen-bond donors (Lipinski definition) is 2. The summed E-state index contributed by atoms with van der Waals surface area (Å²) in [6, 6.07) is 8.95. The molecule has 0 aromatic heterocycles. The van der Waals surface area contributed by atoms with Crippen molar-refractivity contribution in [3.05, 3.63) is 35.4 Å². The average molecular weight is 346 g/mol. The van der Waals surface area contributed by atoms with Gasteiger partial charge in [0.25, 0.3) is 0 Å². The minimum Gasteiger partial charge on any atom is -0.356 e. The number of benzene rings is 1. The number of likely N-dealkylation sites (N-methyl/N-ethyl adjacent to an activating group) is 1. The third kappa shape index (κ3) is 7.45. The Balaban J connectivity index is 1.74. The molecule has 0 saturated carbocycles. The standard InChI is InChI=1S/C20H35N5/c1-17(2)9-10-22-20(21-3)23-15-18-5-7-19(8-6-18)16-25-13-11-24(4)12-14-25/h5-8,17H,9-16H2,1-4H3,(H2,21,22,23). The van der Waals surface area contributed by atoms with Gasteiger partial charge in [-0.2, -0.15) is 0 Å². The van der Waals surface area contributed by atoms with Gasteiger partial charge in [-0.3, -0.25) is 9.89 Å². The van der Waals surface area contributed by atoms with Crippen molar-refractivity contribution in [2.45, 2.75) is 33.4 Å². The summed E-state index contributed by atoms with van der Waals surface area (Å²) >= 11 is 0. The first-order chi connectivity index (χ1) is 12.1. The summed E-state index contributed by atoms with van der Waals surface area (Å²) in [5.41, 5.74) is 2.68. The highest BCUT2D eigenvalue weighted by molar-refractivity contribution is 5.79. The van der Waals surface area contributed by atoms with Crippen molar-refractivity contribution < 1.29 is 0 Å². The highest BCUT2D eigenvalue weighted by atomic mass is 15.2. The van der Waals surface area contributed by atoms with E-state index in [2.05, 4.69) is 70.6 Å². The fourth-order valence-corrected chi connectivity index (χ4v) is 2.91. The molecule has 0 radical (unpaired) electrons. The highest BCUT2D eigenvalue weighted by Crippen LogP contribution is 2.09. The van der Waals surface area contributed by atoms with Crippen LogP contribution >= 0.6 is 0 Å². The molecule has 1 aliphatic rings. The number of nitrogens with zero attached hydrogens (tertiary/aromatic N) is 3. The van der Waals surface area contributed by atoms with Gasteiger partial charge < -0.3 is 15.5 Å². The van der Waals surface area contributed by atoms with E-state index >= 15 is 0 Å². The van der Waals surface area contributed by atoms with Gasteiger partial charge in [-0.05, 0) is 30.5 Å². The molecule has 0 atom stereocenters. The zero-order valence-electron chi connectivity index (χ0n) is 16.4. The molecule has 5 nitrogen and oxygen atoms in total. The normalized spacial score (nSPS) is 17.1. The van der Waals surface area contributed by atoms with Gasteiger partial charge in [0.2, 0.25) is 0 Å². The van der Waals surface area contributed by atoms with Crippen LogP contribution in [-0.2, 0) is 13.1 Å². The van der Waals surface area contributed by atoms with E-state index in [0.717, 1.165) is 45.1 Å². The fourth-order valence-electron chi connectivity index (χ4n) is 2.91. The monoisotopic (exact) mass is 345 g/mol. The Kier molecular flexibility index (Phi) is 8.22. The number of aliphatic imine (C=N–C) groups is 1. The highest BCUT2D eigenvalue weighted by Gasteiger charge is 2.13. The van der Waals surface area contributed by atoms with Crippen molar-refractivity contribution in [1.82, 2.24) is 20.4 Å². The zero-order chi connectivity index (χ0) is 18.1. The fraction of sp³-hybridized carbons (Fsp3) is 0.650. The van der Waals surface area contributed by atoms with Gasteiger partial charge in [-0.15, -0.1) is 0 Å². The first-order valence-electron chi connectivity index (χ1n) is 9.50. The quantitative estimate of drug-likeness (QED) is 0.587. The van der Waals surface area contributed by atoms with E-state index in [9.17, 15) is 0 Å². The summed E-state index contributed by atoms with van der Waals surface area (Å²) in [5, 5.41) is 6.76. The van der Waals surface area contributed by atoms with E-state index in [4.69, 9.17) is 0 Å². The van der Waals surface area contributed by atoms with Crippen molar-refractivity contribution in [3.63, 3.8) is 0 Å². The van der Waals surface area contributed by atoms with E-state index in [-0.39, 0.29) is 0 Å². The number of guanidine groups is 1. The SMILES string of the molecule is CN=C(NCCC(C)C)NCc1ccc(CN2CCN(C)CC2)cc1. The Hall–Kier alpha value is -1.59. The maximum atomic E-state index is 4.28. The molecule has 0 bridgehead atoms. The van der Waals surface area contributed by atoms with Crippen LogP contribution in [0.25, 0.3) is 0 Å². The summed E-state index contributed by atoms with van der Waals surface area (Å²) in [4.78, 5) is 9.22. The van der Waals surface area contributed by atoms with Crippen LogP contribution in [0.15, 0.2) is 29.3 Å². The molecule has 0 unspecified atom stereocenters. The molecule has 1 aliphatic heterocycles. The van der Waals surface area contributed by atoms with Gasteiger partial charge in [0, 0.05) is 52.9 Å². The summed E-state index contributed by atoms with van der Waals surface area (Å²) in [6.45, 7) is 12.0. The lowest BCUT2D eigenvalue weighted by Gasteiger charge is -2.32. The van der Waals surface area contributed by atoms with Gasteiger partial charge in [-0.1, -0.05) is 38.1 Å². The average Bonchev–Trinajstić information content (AvgIpc) is 2.61. The molecule has 0 spiro atoms. The van der Waals surface area contributed by atoms with Crippen molar-refractivity contribution >= 4 is 5.96 Å². The maximum absolute atomic E-state index is 4.28. The van der Waals surface area contributed by atoms with Crippen molar-refractivity contribution in [2.24, 2.45) is 10.9 Å². The van der Waals surface area contributed by atoms with Crippen LogP contribution in [0.5, 0.6) is 0 Å². The van der Waals surface area contributed by atoms with Crippen molar-refractivity contribution in [3.8, 4) is 0 Å². The zero-order valence-corrected chi connectivity index (χ0v) is 16.4. The molecule has 1 fully saturated rings. The van der Waals surface area contributed by atoms with Gasteiger partial charge in [0.15, 0.2) is 5.96 Å². The number of hydrogen-bond acceptors (Lipinski definition) is 3. The third-order valence-corrected chi connectivity index (χ3v) is 4.72. The van der Waals surface area contributed by atoms with E-state index in [0.29, 0.717) is 5.92 Å². The van der Waals surface area contributed by atoms with E-state index < -0.39 is 0 Å². The van der Waals surface area contributed by atoms with Gasteiger partial charge in [0.05, 0.1) is 0 Å². The first kappa shape index (κ1) is 19.7. The topological polar surface area (TPSA) is 42.9 Å². The van der Waals surface area contributed by atoms with E-state index in [1.807, 2.05) is 7.05 Å². The van der Waals surface area contributed by atoms with Crippen LogP contribution < -0.4 is 10.6 Å². The number of nitrogens with one attached hydrogen (secondary N) is 2. The molecule has 0 amide bonds. The lowest BCUT2D eigenvalue weighted by atomic mass is 10.1. The first-order valence-corrected chi connectivity index (χ1v) is 9.50. The molecule has 2 N–H and O–H groups in total. The molecule has 2 rings (SSSR count). The summed E-state index contributed by atoms with van der Waals surface area (Å²) in [6.07, 6.45) is 1.15. The lowest BCUT2D eigenvalue weighted by Crippen LogP contribution is -2.43. The maximum Gasteiger partial charge on any atom is 0.191 e. The number of rotatable bonds is 7. The number of piperazine rings is 1. The van der Waals surface area contributed by atoms with Crippen LogP contribution in [0.4, 0.5) is 0 Å². The van der Waals surface area contributed by atoms with E-state index in [1.165, 1.54) is 24.2 Å². The summed E-state index contributed by atoms with van der Waals surface area (Å²) in [7, 11) is 4.02.